The Bertz CT molecular complexity index is 577. The number of rotatable bonds is 4. The summed E-state index contributed by atoms with van der Waals surface area (Å²) in [4.78, 5) is 0. The topological polar surface area (TPSA) is 18.5 Å². The van der Waals surface area contributed by atoms with Gasteiger partial charge in [0, 0.05) is 12.8 Å². The van der Waals surface area contributed by atoms with E-state index in [4.69, 9.17) is 9.47 Å². The summed E-state index contributed by atoms with van der Waals surface area (Å²) in [5.74, 6) is -5.09. The zero-order chi connectivity index (χ0) is 21.3. The molecule has 168 valence electrons. The quantitative estimate of drug-likeness (QED) is 0.362. The standard InChI is InChI=1S/C21H30F6O2/c1-2-3-15-6-4-14(12-17(15)20(22,23)24)5-7-16-8-9-19(28-10-11-29-19)13-18(16)21(25,26)27/h5,15-18H,2-4,6-13H2,1H3/t15-,16-,17?,18?/m1/s1. The van der Waals surface area contributed by atoms with Crippen molar-refractivity contribution in [1.82, 2.24) is 0 Å². The van der Waals surface area contributed by atoms with Gasteiger partial charge in [0.1, 0.15) is 0 Å². The van der Waals surface area contributed by atoms with Crippen molar-refractivity contribution in [2.45, 2.75) is 82.9 Å². The van der Waals surface area contributed by atoms with E-state index in [1.54, 1.807) is 6.08 Å². The maximum atomic E-state index is 13.7. The predicted octanol–water partition coefficient (Wildman–Crippen LogP) is 6.80. The monoisotopic (exact) mass is 428 g/mol. The van der Waals surface area contributed by atoms with Crippen LogP contribution in [-0.2, 0) is 9.47 Å². The van der Waals surface area contributed by atoms with Crippen molar-refractivity contribution < 1.29 is 35.8 Å². The van der Waals surface area contributed by atoms with Gasteiger partial charge in [0.25, 0.3) is 0 Å². The molecule has 0 aromatic heterocycles. The van der Waals surface area contributed by atoms with Gasteiger partial charge in [-0.15, -0.1) is 0 Å². The van der Waals surface area contributed by atoms with E-state index >= 15 is 0 Å². The molecule has 2 unspecified atom stereocenters. The Morgan fingerprint density at radius 3 is 2.21 bits per heavy atom. The first-order valence-corrected chi connectivity index (χ1v) is 10.6. The van der Waals surface area contributed by atoms with Crippen LogP contribution < -0.4 is 0 Å². The highest BCUT2D eigenvalue weighted by atomic mass is 19.4. The second-order valence-corrected chi connectivity index (χ2v) is 8.80. The van der Waals surface area contributed by atoms with Gasteiger partial charge in [-0.2, -0.15) is 26.3 Å². The Labute approximate surface area is 168 Å². The third-order valence-electron chi connectivity index (χ3n) is 6.91. The molecule has 0 aromatic rings. The van der Waals surface area contributed by atoms with Crippen molar-refractivity contribution in [3.8, 4) is 0 Å². The normalized spacial score (nSPS) is 34.8. The highest BCUT2D eigenvalue weighted by Gasteiger charge is 2.54. The molecule has 2 aliphatic carbocycles. The molecule has 3 fully saturated rings. The lowest BCUT2D eigenvalue weighted by atomic mass is 9.72. The minimum Gasteiger partial charge on any atom is -0.348 e. The lowest BCUT2D eigenvalue weighted by molar-refractivity contribution is -0.257. The van der Waals surface area contributed by atoms with Gasteiger partial charge in [-0.05, 0) is 43.9 Å². The van der Waals surface area contributed by atoms with E-state index in [9.17, 15) is 26.3 Å². The van der Waals surface area contributed by atoms with Crippen LogP contribution in [0.2, 0.25) is 0 Å². The number of halogens is 6. The highest BCUT2D eigenvalue weighted by molar-refractivity contribution is 5.10. The van der Waals surface area contributed by atoms with Crippen LogP contribution in [0.25, 0.3) is 0 Å². The number of ether oxygens (including phenoxy) is 2. The molecule has 0 N–H and O–H groups in total. The number of hydrogen-bond donors (Lipinski definition) is 0. The Hall–Kier alpha value is -0.760. The van der Waals surface area contributed by atoms with Crippen LogP contribution in [0.5, 0.6) is 0 Å². The molecule has 0 bridgehead atoms. The summed E-state index contributed by atoms with van der Waals surface area (Å²) < 4.78 is 92.3. The summed E-state index contributed by atoms with van der Waals surface area (Å²) in [6, 6.07) is 0. The number of hydrogen-bond acceptors (Lipinski definition) is 2. The van der Waals surface area contributed by atoms with Crippen molar-refractivity contribution in [2.75, 3.05) is 13.2 Å². The smallest absolute Gasteiger partial charge is 0.348 e. The molecule has 0 radical (unpaired) electrons. The van der Waals surface area contributed by atoms with Gasteiger partial charge in [0.15, 0.2) is 5.79 Å². The molecular weight excluding hydrogens is 398 g/mol. The lowest BCUT2D eigenvalue weighted by Gasteiger charge is -2.41. The Morgan fingerprint density at radius 1 is 0.966 bits per heavy atom. The van der Waals surface area contributed by atoms with Gasteiger partial charge in [0.05, 0.1) is 25.0 Å². The zero-order valence-electron chi connectivity index (χ0n) is 16.7. The molecule has 3 rings (SSSR count). The van der Waals surface area contributed by atoms with Crippen molar-refractivity contribution >= 4 is 0 Å². The maximum absolute atomic E-state index is 13.7. The first kappa shape index (κ1) is 22.9. The van der Waals surface area contributed by atoms with Crippen LogP contribution in [0.1, 0.15) is 64.7 Å². The summed E-state index contributed by atoms with van der Waals surface area (Å²) in [6.07, 6.45) is -4.15. The number of allylic oxidation sites excluding steroid dienone is 2. The maximum Gasteiger partial charge on any atom is 0.392 e. The fourth-order valence-corrected chi connectivity index (χ4v) is 5.36. The van der Waals surface area contributed by atoms with Gasteiger partial charge in [-0.25, -0.2) is 0 Å². The molecule has 1 saturated heterocycles. The van der Waals surface area contributed by atoms with E-state index in [2.05, 4.69) is 0 Å². The minimum atomic E-state index is -4.38. The van der Waals surface area contributed by atoms with Crippen LogP contribution in [0, 0.1) is 23.7 Å². The second-order valence-electron chi connectivity index (χ2n) is 8.80. The van der Waals surface area contributed by atoms with Gasteiger partial charge in [0.2, 0.25) is 0 Å². The molecule has 0 amide bonds. The highest BCUT2D eigenvalue weighted by Crippen LogP contribution is 2.50. The van der Waals surface area contributed by atoms with Gasteiger partial charge in [-0.1, -0.05) is 31.4 Å². The van der Waals surface area contributed by atoms with E-state index in [1.165, 1.54) is 0 Å². The van der Waals surface area contributed by atoms with Gasteiger partial charge < -0.3 is 9.47 Å². The van der Waals surface area contributed by atoms with Crippen LogP contribution in [0.3, 0.4) is 0 Å². The van der Waals surface area contributed by atoms with Crippen LogP contribution in [0.4, 0.5) is 26.3 Å². The zero-order valence-corrected chi connectivity index (χ0v) is 16.7. The molecule has 8 heteroatoms. The molecule has 1 aliphatic heterocycles. The van der Waals surface area contributed by atoms with Crippen LogP contribution >= 0.6 is 0 Å². The van der Waals surface area contributed by atoms with Crippen molar-refractivity contribution in [3.63, 3.8) is 0 Å². The third-order valence-corrected chi connectivity index (χ3v) is 6.91. The van der Waals surface area contributed by atoms with E-state index in [-0.39, 0.29) is 25.2 Å². The van der Waals surface area contributed by atoms with Gasteiger partial charge >= 0.3 is 12.4 Å². The van der Waals surface area contributed by atoms with Crippen molar-refractivity contribution in [3.05, 3.63) is 11.6 Å². The average Bonchev–Trinajstić information content (AvgIpc) is 3.08. The molecular formula is C21H30F6O2. The second kappa shape index (κ2) is 8.77. The van der Waals surface area contributed by atoms with Gasteiger partial charge in [-0.3, -0.25) is 0 Å². The van der Waals surface area contributed by atoms with Crippen molar-refractivity contribution in [2.24, 2.45) is 23.7 Å². The van der Waals surface area contributed by atoms with Crippen LogP contribution in [-0.4, -0.2) is 31.4 Å². The van der Waals surface area contributed by atoms with E-state index < -0.39 is 35.9 Å². The molecule has 1 heterocycles. The largest absolute Gasteiger partial charge is 0.392 e. The summed E-state index contributed by atoms with van der Waals surface area (Å²) >= 11 is 0. The average molecular weight is 428 g/mol. The Balaban J connectivity index is 1.67. The Kier molecular flexibility index (Phi) is 6.93. The summed E-state index contributed by atoms with van der Waals surface area (Å²) in [5, 5.41) is 0. The van der Waals surface area contributed by atoms with E-state index in [0.29, 0.717) is 57.3 Å². The molecule has 2 saturated carbocycles. The molecule has 2 nitrogen and oxygen atoms in total. The predicted molar refractivity (Wildman–Crippen MR) is 96.0 cm³/mol. The molecule has 0 aromatic carbocycles. The SMILES string of the molecule is CCC[C@@H]1CCC(=CC[C@@H]2CCC3(CC2C(F)(F)F)OCCO3)CC1C(F)(F)F. The fourth-order valence-electron chi connectivity index (χ4n) is 5.36. The van der Waals surface area contributed by atoms with Crippen LogP contribution in [0.15, 0.2) is 11.6 Å². The third kappa shape index (κ3) is 5.49. The number of alkyl halides is 6. The van der Waals surface area contributed by atoms with E-state index in [1.807, 2.05) is 6.92 Å². The van der Waals surface area contributed by atoms with E-state index in [0.717, 1.165) is 0 Å². The van der Waals surface area contributed by atoms with Crippen molar-refractivity contribution in [1.29, 1.82) is 0 Å². The summed E-state index contributed by atoms with van der Waals surface area (Å²) in [5.41, 5.74) is 0.661. The summed E-state index contributed by atoms with van der Waals surface area (Å²) in [7, 11) is 0. The fraction of sp³-hybridized carbons (Fsp3) is 0.905. The lowest BCUT2D eigenvalue weighted by Crippen LogP contribution is -2.45. The Morgan fingerprint density at radius 2 is 1.62 bits per heavy atom. The summed E-state index contributed by atoms with van der Waals surface area (Å²) in [6.45, 7) is 2.48. The minimum absolute atomic E-state index is 0.0757. The first-order valence-electron chi connectivity index (χ1n) is 10.6. The molecule has 3 aliphatic rings. The molecule has 1 spiro atoms. The molecule has 4 atom stereocenters. The first-order chi connectivity index (χ1) is 13.5. The molecule has 29 heavy (non-hydrogen) atoms.